The van der Waals surface area contributed by atoms with Crippen LogP contribution in [-0.2, 0) is 9.84 Å². The highest BCUT2D eigenvalue weighted by Crippen LogP contribution is 2.17. The van der Waals surface area contributed by atoms with Crippen molar-refractivity contribution >= 4 is 27.5 Å². The maximum atomic E-state index is 13.1. The zero-order chi connectivity index (χ0) is 16.0. The molecular formula is C12H15FN2O5S. The average molecular weight is 318 g/mol. The molecule has 0 aliphatic carbocycles. The summed E-state index contributed by atoms with van der Waals surface area (Å²) < 4.78 is 35.5. The molecule has 0 spiro atoms. The van der Waals surface area contributed by atoms with Crippen LogP contribution in [0.2, 0.25) is 0 Å². The molecule has 0 saturated carbocycles. The Kier molecular flexibility index (Phi) is 5.65. The molecule has 0 bridgehead atoms. The van der Waals surface area contributed by atoms with Gasteiger partial charge in [-0.1, -0.05) is 6.92 Å². The van der Waals surface area contributed by atoms with Crippen molar-refractivity contribution in [3.05, 3.63) is 29.6 Å². The van der Waals surface area contributed by atoms with Gasteiger partial charge in [-0.3, -0.25) is 0 Å². The van der Waals surface area contributed by atoms with Gasteiger partial charge in [0.25, 0.3) is 0 Å². The molecule has 0 fully saturated rings. The van der Waals surface area contributed by atoms with Crippen molar-refractivity contribution in [1.29, 1.82) is 0 Å². The maximum Gasteiger partial charge on any atom is 0.337 e. The number of carbonyl (C=O) groups excluding carboxylic acids is 1. The summed E-state index contributed by atoms with van der Waals surface area (Å²) in [4.78, 5) is 22.5. The smallest absolute Gasteiger partial charge is 0.337 e. The Morgan fingerprint density at radius 1 is 1.33 bits per heavy atom. The summed E-state index contributed by atoms with van der Waals surface area (Å²) in [5.41, 5.74) is -0.480. The predicted octanol–water partition coefficient (Wildman–Crippen LogP) is 1.08. The topological polar surface area (TPSA) is 113 Å². The Morgan fingerprint density at radius 2 is 2.00 bits per heavy atom. The van der Waals surface area contributed by atoms with Crippen molar-refractivity contribution in [2.45, 2.75) is 6.92 Å². The van der Waals surface area contributed by atoms with E-state index in [0.717, 1.165) is 18.2 Å². The molecule has 0 unspecified atom stereocenters. The standard InChI is InChI=1S/C12H15FN2O5S/c1-2-21(19,20)6-5-14-12(18)15-10-7-8(13)3-4-9(10)11(16)17/h3-4,7H,2,5-6H2,1H3,(H,16,17)(H2,14,15,18). The normalized spacial score (nSPS) is 11.0. The highest BCUT2D eigenvalue weighted by atomic mass is 32.2. The number of urea groups is 1. The summed E-state index contributed by atoms with van der Waals surface area (Å²) in [5, 5.41) is 13.3. The van der Waals surface area contributed by atoms with E-state index in [1.807, 2.05) is 0 Å². The van der Waals surface area contributed by atoms with Gasteiger partial charge < -0.3 is 15.7 Å². The van der Waals surface area contributed by atoms with Crippen LogP contribution in [0.25, 0.3) is 0 Å². The summed E-state index contributed by atoms with van der Waals surface area (Å²) >= 11 is 0. The number of amides is 2. The fourth-order valence-corrected chi connectivity index (χ4v) is 2.14. The van der Waals surface area contributed by atoms with Gasteiger partial charge in [-0.05, 0) is 18.2 Å². The van der Waals surface area contributed by atoms with Crippen LogP contribution in [0.5, 0.6) is 0 Å². The molecule has 9 heteroatoms. The molecule has 0 aromatic heterocycles. The largest absolute Gasteiger partial charge is 0.478 e. The van der Waals surface area contributed by atoms with Crippen LogP contribution < -0.4 is 10.6 Å². The van der Waals surface area contributed by atoms with Gasteiger partial charge in [-0.25, -0.2) is 22.4 Å². The van der Waals surface area contributed by atoms with Gasteiger partial charge >= 0.3 is 12.0 Å². The van der Waals surface area contributed by atoms with Crippen LogP contribution in [-0.4, -0.2) is 43.6 Å². The number of carboxylic acids is 1. The lowest BCUT2D eigenvalue weighted by Crippen LogP contribution is -2.33. The Bertz CT molecular complexity index is 645. The second kappa shape index (κ2) is 7.02. The number of hydrogen-bond donors (Lipinski definition) is 3. The molecule has 2 amide bonds. The molecule has 0 atom stereocenters. The molecule has 7 nitrogen and oxygen atoms in total. The van der Waals surface area contributed by atoms with Gasteiger partial charge in [0.1, 0.15) is 5.82 Å². The maximum absolute atomic E-state index is 13.1. The number of benzene rings is 1. The fourth-order valence-electron chi connectivity index (χ4n) is 1.44. The molecule has 3 N–H and O–H groups in total. The summed E-state index contributed by atoms with van der Waals surface area (Å²) in [6.45, 7) is 1.36. The first-order chi connectivity index (χ1) is 9.75. The van der Waals surface area contributed by atoms with E-state index in [1.165, 1.54) is 6.92 Å². The van der Waals surface area contributed by atoms with Gasteiger partial charge in [0.15, 0.2) is 9.84 Å². The first-order valence-electron chi connectivity index (χ1n) is 6.03. The van der Waals surface area contributed by atoms with Crippen molar-refractivity contribution in [1.82, 2.24) is 5.32 Å². The number of carbonyl (C=O) groups is 2. The Hall–Kier alpha value is -2.16. The molecule has 1 aromatic carbocycles. The number of hydrogen-bond acceptors (Lipinski definition) is 4. The fraction of sp³-hybridized carbons (Fsp3) is 0.333. The van der Waals surface area contributed by atoms with Gasteiger partial charge in [0.2, 0.25) is 0 Å². The Morgan fingerprint density at radius 3 is 2.57 bits per heavy atom. The molecule has 0 saturated heterocycles. The van der Waals surface area contributed by atoms with E-state index < -0.39 is 27.7 Å². The van der Waals surface area contributed by atoms with Gasteiger partial charge in [0.05, 0.1) is 17.0 Å². The molecule has 0 aliphatic rings. The van der Waals surface area contributed by atoms with Crippen LogP contribution in [0.4, 0.5) is 14.9 Å². The summed E-state index contributed by atoms with van der Waals surface area (Å²) in [6.07, 6.45) is 0. The lowest BCUT2D eigenvalue weighted by atomic mass is 10.2. The minimum atomic E-state index is -3.21. The van der Waals surface area contributed by atoms with Crippen LogP contribution >= 0.6 is 0 Å². The quantitative estimate of drug-likeness (QED) is 0.726. The van der Waals surface area contributed by atoms with Crippen molar-refractivity contribution in [2.75, 3.05) is 23.4 Å². The molecular weight excluding hydrogens is 303 g/mol. The summed E-state index contributed by atoms with van der Waals surface area (Å²) in [6, 6.07) is 2.04. The van der Waals surface area contributed by atoms with Crippen LogP contribution in [0, 0.1) is 5.82 Å². The Labute approximate surface area is 121 Å². The van der Waals surface area contributed by atoms with E-state index >= 15 is 0 Å². The van der Waals surface area contributed by atoms with E-state index in [9.17, 15) is 22.4 Å². The minimum absolute atomic E-state index is 0.0383. The van der Waals surface area contributed by atoms with E-state index in [0.29, 0.717) is 0 Å². The third kappa shape index (κ3) is 5.38. The SMILES string of the molecule is CCS(=O)(=O)CCNC(=O)Nc1cc(F)ccc1C(=O)O. The van der Waals surface area contributed by atoms with Crippen LogP contribution in [0.3, 0.4) is 0 Å². The highest BCUT2D eigenvalue weighted by molar-refractivity contribution is 7.91. The molecule has 0 aliphatic heterocycles. The number of rotatable bonds is 6. The zero-order valence-electron chi connectivity index (χ0n) is 11.2. The second-order valence-corrected chi connectivity index (χ2v) is 6.59. The highest BCUT2D eigenvalue weighted by Gasteiger charge is 2.14. The molecule has 1 aromatic rings. The van der Waals surface area contributed by atoms with E-state index in [1.54, 1.807) is 0 Å². The first kappa shape index (κ1) is 16.9. The first-order valence-corrected chi connectivity index (χ1v) is 7.85. The number of nitrogens with one attached hydrogen (secondary N) is 2. The molecule has 0 radical (unpaired) electrons. The molecule has 1 rings (SSSR count). The van der Waals surface area contributed by atoms with E-state index in [-0.39, 0.29) is 29.3 Å². The number of halogens is 1. The number of sulfone groups is 1. The number of aromatic carboxylic acids is 1. The van der Waals surface area contributed by atoms with Gasteiger partial charge in [0, 0.05) is 12.3 Å². The second-order valence-electron chi connectivity index (χ2n) is 4.11. The van der Waals surface area contributed by atoms with Gasteiger partial charge in [-0.2, -0.15) is 0 Å². The van der Waals surface area contributed by atoms with Crippen molar-refractivity contribution in [2.24, 2.45) is 0 Å². The lowest BCUT2D eigenvalue weighted by molar-refractivity contribution is 0.0698. The summed E-state index contributed by atoms with van der Waals surface area (Å²) in [5.74, 6) is -2.29. The van der Waals surface area contributed by atoms with Crippen molar-refractivity contribution in [3.8, 4) is 0 Å². The van der Waals surface area contributed by atoms with E-state index in [4.69, 9.17) is 5.11 Å². The number of carboxylic acid groups (broad SMARTS) is 1. The summed E-state index contributed by atoms with van der Waals surface area (Å²) in [7, 11) is -3.21. The Balaban J connectivity index is 2.67. The minimum Gasteiger partial charge on any atom is -0.478 e. The third-order valence-corrected chi connectivity index (χ3v) is 4.30. The number of anilines is 1. The third-order valence-electron chi connectivity index (χ3n) is 2.60. The molecule has 21 heavy (non-hydrogen) atoms. The zero-order valence-corrected chi connectivity index (χ0v) is 12.0. The van der Waals surface area contributed by atoms with E-state index in [2.05, 4.69) is 10.6 Å². The monoisotopic (exact) mass is 318 g/mol. The van der Waals surface area contributed by atoms with Crippen LogP contribution in [0.1, 0.15) is 17.3 Å². The van der Waals surface area contributed by atoms with Crippen LogP contribution in [0.15, 0.2) is 18.2 Å². The predicted molar refractivity (Wildman–Crippen MR) is 74.7 cm³/mol. The van der Waals surface area contributed by atoms with Gasteiger partial charge in [-0.15, -0.1) is 0 Å². The van der Waals surface area contributed by atoms with Crippen molar-refractivity contribution < 1.29 is 27.5 Å². The lowest BCUT2D eigenvalue weighted by Gasteiger charge is -2.10. The molecule has 116 valence electrons. The average Bonchev–Trinajstić information content (AvgIpc) is 2.38. The van der Waals surface area contributed by atoms with Crippen molar-refractivity contribution in [3.63, 3.8) is 0 Å². The molecule has 0 heterocycles.